The molecule has 0 saturated carbocycles. The van der Waals surface area contributed by atoms with Crippen molar-refractivity contribution in [3.63, 3.8) is 0 Å². The summed E-state index contributed by atoms with van der Waals surface area (Å²) in [6, 6.07) is 14.9. The van der Waals surface area contributed by atoms with Crippen LogP contribution in [-0.4, -0.2) is 32.3 Å². The Morgan fingerprint density at radius 3 is 2.81 bits per heavy atom. The van der Waals surface area contributed by atoms with Gasteiger partial charge in [-0.2, -0.15) is 14.6 Å². The van der Waals surface area contributed by atoms with Gasteiger partial charge in [-0.1, -0.05) is 25.1 Å². The molecule has 4 aromatic rings. The highest BCUT2D eigenvalue weighted by atomic mass is 32.2. The Morgan fingerprint density at radius 2 is 1.97 bits per heavy atom. The van der Waals surface area contributed by atoms with Gasteiger partial charge in [-0.25, -0.2) is 4.98 Å². The van der Waals surface area contributed by atoms with E-state index in [0.29, 0.717) is 28.5 Å². The highest BCUT2D eigenvalue weighted by Crippen LogP contribution is 2.33. The lowest BCUT2D eigenvalue weighted by Gasteiger charge is -2.09. The lowest BCUT2D eigenvalue weighted by atomic mass is 10.2. The van der Waals surface area contributed by atoms with Gasteiger partial charge in [0.1, 0.15) is 11.4 Å². The molecule has 9 heteroatoms. The van der Waals surface area contributed by atoms with Crippen molar-refractivity contribution in [3.05, 3.63) is 66.1 Å². The quantitative estimate of drug-likeness (QED) is 0.456. The predicted octanol–water partition coefficient (Wildman–Crippen LogP) is 4.21. The predicted molar refractivity (Wildman–Crippen MR) is 116 cm³/mol. The second kappa shape index (κ2) is 8.27. The van der Waals surface area contributed by atoms with E-state index in [-0.39, 0.29) is 12.7 Å². The van der Waals surface area contributed by atoms with Crippen molar-refractivity contribution in [1.29, 1.82) is 0 Å². The van der Waals surface area contributed by atoms with Gasteiger partial charge in [0.2, 0.25) is 6.79 Å². The van der Waals surface area contributed by atoms with Crippen molar-refractivity contribution in [2.45, 2.75) is 29.7 Å². The normalized spacial score (nSPS) is 12.3. The number of benzene rings is 2. The van der Waals surface area contributed by atoms with E-state index < -0.39 is 0 Å². The summed E-state index contributed by atoms with van der Waals surface area (Å²) in [6.07, 6.45) is 3.41. The maximum atomic E-state index is 12.6. The monoisotopic (exact) mass is 433 g/mol. The molecule has 0 spiro atoms. The fraction of sp³-hybridized carbons (Fsp3) is 0.182. The number of nitrogens with zero attached hydrogens (tertiary/aromatic N) is 4. The van der Waals surface area contributed by atoms with E-state index in [1.54, 1.807) is 34.5 Å². The standard InChI is InChI=1S/C22H19N5O3S/c1-2-3-16-11-20(27-22(26-16)23-12-24-27)31-17-7-5-15(6-8-17)25-21(28)14-4-9-18-19(10-14)30-13-29-18/h4-12H,2-3,13H2,1H3,(H,25,28). The first-order valence-electron chi connectivity index (χ1n) is 9.88. The summed E-state index contributed by atoms with van der Waals surface area (Å²) < 4.78 is 12.4. The van der Waals surface area contributed by atoms with Crippen LogP contribution in [0, 0.1) is 0 Å². The topological polar surface area (TPSA) is 90.6 Å². The number of carbonyl (C=O) groups is 1. The summed E-state index contributed by atoms with van der Waals surface area (Å²) >= 11 is 1.58. The fourth-order valence-electron chi connectivity index (χ4n) is 3.26. The molecule has 8 nitrogen and oxygen atoms in total. The first-order valence-corrected chi connectivity index (χ1v) is 10.7. The first-order chi connectivity index (χ1) is 15.2. The third kappa shape index (κ3) is 4.04. The van der Waals surface area contributed by atoms with Gasteiger partial charge in [-0.15, -0.1) is 0 Å². The largest absolute Gasteiger partial charge is 0.454 e. The van der Waals surface area contributed by atoms with E-state index >= 15 is 0 Å². The second-order valence-electron chi connectivity index (χ2n) is 6.96. The lowest BCUT2D eigenvalue weighted by molar-refractivity contribution is 0.102. The van der Waals surface area contributed by atoms with Crippen LogP contribution in [0.2, 0.25) is 0 Å². The van der Waals surface area contributed by atoms with Crippen molar-refractivity contribution in [2.24, 2.45) is 0 Å². The SMILES string of the molecule is CCCc1cc(Sc2ccc(NC(=O)c3ccc4c(c3)OCO4)cc2)n2ncnc2n1. The molecule has 2 aromatic carbocycles. The van der Waals surface area contributed by atoms with Gasteiger partial charge in [0, 0.05) is 21.8 Å². The molecule has 156 valence electrons. The van der Waals surface area contributed by atoms with Crippen molar-refractivity contribution >= 4 is 29.1 Å². The minimum Gasteiger partial charge on any atom is -0.454 e. The average molecular weight is 433 g/mol. The van der Waals surface area contributed by atoms with Crippen molar-refractivity contribution in [2.75, 3.05) is 12.1 Å². The summed E-state index contributed by atoms with van der Waals surface area (Å²) in [6.45, 7) is 2.30. The van der Waals surface area contributed by atoms with Gasteiger partial charge >= 0.3 is 0 Å². The Hall–Kier alpha value is -3.59. The van der Waals surface area contributed by atoms with E-state index in [4.69, 9.17) is 9.47 Å². The summed E-state index contributed by atoms with van der Waals surface area (Å²) in [5, 5.41) is 8.13. The highest BCUT2D eigenvalue weighted by molar-refractivity contribution is 7.99. The van der Waals surface area contributed by atoms with Crippen LogP contribution in [-0.2, 0) is 6.42 Å². The average Bonchev–Trinajstić information content (AvgIpc) is 3.44. The van der Waals surface area contributed by atoms with Gasteiger partial charge in [-0.05, 0) is 55.0 Å². The molecule has 0 atom stereocenters. The minimum absolute atomic E-state index is 0.178. The summed E-state index contributed by atoms with van der Waals surface area (Å²) in [7, 11) is 0. The number of nitrogens with one attached hydrogen (secondary N) is 1. The molecule has 1 N–H and O–H groups in total. The maximum absolute atomic E-state index is 12.6. The van der Waals surface area contributed by atoms with Crippen LogP contribution in [0.1, 0.15) is 29.4 Å². The molecule has 31 heavy (non-hydrogen) atoms. The Morgan fingerprint density at radius 1 is 1.13 bits per heavy atom. The fourth-order valence-corrected chi connectivity index (χ4v) is 4.18. The van der Waals surface area contributed by atoms with Crippen LogP contribution in [0.3, 0.4) is 0 Å². The van der Waals surface area contributed by atoms with Crippen LogP contribution in [0.15, 0.2) is 64.8 Å². The Bertz CT molecular complexity index is 1260. The maximum Gasteiger partial charge on any atom is 0.255 e. The summed E-state index contributed by atoms with van der Waals surface area (Å²) in [4.78, 5) is 22.3. The number of carbonyl (C=O) groups excluding carboxylic acids is 1. The number of aromatic nitrogens is 4. The summed E-state index contributed by atoms with van der Waals surface area (Å²) in [5.74, 6) is 1.62. The minimum atomic E-state index is -0.207. The number of hydrogen-bond donors (Lipinski definition) is 1. The van der Waals surface area contributed by atoms with Gasteiger partial charge in [-0.3, -0.25) is 4.79 Å². The van der Waals surface area contributed by atoms with Crippen molar-refractivity contribution in [3.8, 4) is 11.5 Å². The second-order valence-corrected chi connectivity index (χ2v) is 8.05. The smallest absolute Gasteiger partial charge is 0.255 e. The molecule has 1 amide bonds. The third-order valence-corrected chi connectivity index (χ3v) is 5.76. The molecule has 2 aromatic heterocycles. The van der Waals surface area contributed by atoms with E-state index in [0.717, 1.165) is 28.5 Å². The number of rotatable bonds is 6. The van der Waals surface area contributed by atoms with Crippen LogP contribution in [0.25, 0.3) is 5.78 Å². The molecule has 0 radical (unpaired) electrons. The lowest BCUT2D eigenvalue weighted by Crippen LogP contribution is -2.11. The molecule has 0 fully saturated rings. The van der Waals surface area contributed by atoms with E-state index in [1.165, 1.54) is 6.33 Å². The summed E-state index contributed by atoms with van der Waals surface area (Å²) in [5.41, 5.74) is 2.22. The van der Waals surface area contributed by atoms with Crippen LogP contribution >= 0.6 is 11.8 Å². The van der Waals surface area contributed by atoms with Crippen LogP contribution < -0.4 is 14.8 Å². The Labute approximate surface area is 182 Å². The molecule has 0 bridgehead atoms. The number of aryl methyl sites for hydroxylation is 1. The zero-order valence-electron chi connectivity index (χ0n) is 16.7. The number of amides is 1. The molecular formula is C22H19N5O3S. The molecule has 0 unspecified atom stereocenters. The van der Waals surface area contributed by atoms with Gasteiger partial charge in [0.05, 0.1) is 0 Å². The van der Waals surface area contributed by atoms with E-state index in [9.17, 15) is 4.79 Å². The Kier molecular flexibility index (Phi) is 5.17. The third-order valence-electron chi connectivity index (χ3n) is 4.75. The molecule has 1 aliphatic rings. The number of hydrogen-bond acceptors (Lipinski definition) is 7. The zero-order valence-corrected chi connectivity index (χ0v) is 17.6. The number of fused-ring (bicyclic) bond motifs is 2. The molecule has 0 aliphatic carbocycles. The van der Waals surface area contributed by atoms with Crippen molar-refractivity contribution in [1.82, 2.24) is 19.6 Å². The Balaban J connectivity index is 1.31. The molecule has 5 rings (SSSR count). The van der Waals surface area contributed by atoms with Gasteiger partial charge < -0.3 is 14.8 Å². The van der Waals surface area contributed by atoms with E-state index in [2.05, 4.69) is 27.3 Å². The highest BCUT2D eigenvalue weighted by Gasteiger charge is 2.16. The van der Waals surface area contributed by atoms with Crippen LogP contribution in [0.5, 0.6) is 11.5 Å². The molecule has 0 saturated heterocycles. The first kappa shape index (κ1) is 19.4. The zero-order chi connectivity index (χ0) is 21.2. The number of anilines is 1. The molecule has 1 aliphatic heterocycles. The van der Waals surface area contributed by atoms with Gasteiger partial charge in [0.15, 0.2) is 11.5 Å². The van der Waals surface area contributed by atoms with Gasteiger partial charge in [0.25, 0.3) is 11.7 Å². The van der Waals surface area contributed by atoms with Crippen molar-refractivity contribution < 1.29 is 14.3 Å². The van der Waals surface area contributed by atoms with E-state index in [1.807, 2.05) is 30.3 Å². The number of ether oxygens (including phenoxy) is 2. The van der Waals surface area contributed by atoms with Crippen LogP contribution in [0.4, 0.5) is 5.69 Å². The molecular weight excluding hydrogens is 414 g/mol. The molecule has 3 heterocycles.